The molecule has 3 rings (SSSR count). The fourth-order valence-corrected chi connectivity index (χ4v) is 3.03. The minimum atomic E-state index is -0.628. The van der Waals surface area contributed by atoms with Crippen LogP contribution >= 0.6 is 0 Å². The lowest BCUT2D eigenvalue weighted by Crippen LogP contribution is -2.27. The van der Waals surface area contributed by atoms with E-state index in [0.29, 0.717) is 29.7 Å². The third-order valence-corrected chi connectivity index (χ3v) is 4.85. The number of anilines is 1. The van der Waals surface area contributed by atoms with Gasteiger partial charge in [-0.05, 0) is 56.2 Å². The first-order valence-corrected chi connectivity index (χ1v) is 10.00. The lowest BCUT2D eigenvalue weighted by Gasteiger charge is -2.17. The van der Waals surface area contributed by atoms with Crippen molar-refractivity contribution in [1.29, 1.82) is 0 Å². The number of ketones is 1. The fourth-order valence-electron chi connectivity index (χ4n) is 3.03. The van der Waals surface area contributed by atoms with Crippen molar-refractivity contribution in [1.82, 2.24) is 9.97 Å². The van der Waals surface area contributed by atoms with E-state index in [2.05, 4.69) is 9.97 Å². The zero-order valence-electron chi connectivity index (χ0n) is 17.8. The zero-order chi connectivity index (χ0) is 22.4. The molecule has 2 heterocycles. The second-order valence-electron chi connectivity index (χ2n) is 7.09. The van der Waals surface area contributed by atoms with Gasteiger partial charge in [0, 0.05) is 42.7 Å². The van der Waals surface area contributed by atoms with Gasteiger partial charge in [-0.2, -0.15) is 0 Å². The van der Waals surface area contributed by atoms with Gasteiger partial charge in [-0.15, -0.1) is 0 Å². The number of aryl methyl sites for hydroxylation is 2. The number of aromatic nitrogens is 2. The molecular formula is C24H24FN3O3. The van der Waals surface area contributed by atoms with Crippen LogP contribution in [0.15, 0.2) is 54.9 Å². The average Bonchev–Trinajstić information content (AvgIpc) is 2.78. The van der Waals surface area contributed by atoms with E-state index in [1.54, 1.807) is 31.3 Å². The van der Waals surface area contributed by atoms with Crippen LogP contribution in [-0.4, -0.2) is 35.5 Å². The van der Waals surface area contributed by atoms with E-state index in [4.69, 9.17) is 4.74 Å². The van der Waals surface area contributed by atoms with Crippen LogP contribution < -0.4 is 4.90 Å². The smallest absolute Gasteiger partial charge is 0.414 e. The molecule has 0 bridgehead atoms. The number of ether oxygens (including phenoxy) is 1. The third kappa shape index (κ3) is 5.51. The van der Waals surface area contributed by atoms with Crippen molar-refractivity contribution >= 4 is 17.6 Å². The van der Waals surface area contributed by atoms with E-state index < -0.39 is 11.9 Å². The highest BCUT2D eigenvalue weighted by molar-refractivity contribution is 5.96. The topological polar surface area (TPSA) is 72.4 Å². The largest absolute Gasteiger partial charge is 0.449 e. The summed E-state index contributed by atoms with van der Waals surface area (Å²) < 4.78 is 19.4. The Morgan fingerprint density at radius 3 is 2.48 bits per heavy atom. The van der Waals surface area contributed by atoms with Crippen LogP contribution in [-0.2, 0) is 11.2 Å². The second-order valence-corrected chi connectivity index (χ2v) is 7.09. The molecule has 0 atom stereocenters. The molecule has 0 saturated heterocycles. The van der Waals surface area contributed by atoms with Crippen molar-refractivity contribution in [2.45, 2.75) is 26.7 Å². The van der Waals surface area contributed by atoms with Crippen molar-refractivity contribution in [3.8, 4) is 11.3 Å². The molecule has 31 heavy (non-hydrogen) atoms. The molecule has 0 spiro atoms. The van der Waals surface area contributed by atoms with Crippen LogP contribution in [0.5, 0.6) is 0 Å². The van der Waals surface area contributed by atoms with Crippen molar-refractivity contribution < 1.29 is 18.7 Å². The highest BCUT2D eigenvalue weighted by Gasteiger charge is 2.17. The normalized spacial score (nSPS) is 10.6. The van der Waals surface area contributed by atoms with E-state index in [9.17, 15) is 14.0 Å². The van der Waals surface area contributed by atoms with E-state index in [1.165, 1.54) is 25.4 Å². The Kier molecular flexibility index (Phi) is 7.07. The Morgan fingerprint density at radius 2 is 1.87 bits per heavy atom. The summed E-state index contributed by atoms with van der Waals surface area (Å²) in [6.07, 6.45) is 3.61. The van der Waals surface area contributed by atoms with Crippen molar-refractivity contribution in [3.63, 3.8) is 0 Å². The molecule has 6 nitrogen and oxygen atoms in total. The van der Waals surface area contributed by atoms with Gasteiger partial charge in [-0.25, -0.2) is 9.18 Å². The maximum Gasteiger partial charge on any atom is 0.414 e. The minimum absolute atomic E-state index is 0.0165. The molecule has 160 valence electrons. The van der Waals surface area contributed by atoms with E-state index >= 15 is 0 Å². The van der Waals surface area contributed by atoms with Gasteiger partial charge < -0.3 is 4.74 Å². The van der Waals surface area contributed by atoms with Gasteiger partial charge in [0.2, 0.25) is 0 Å². The summed E-state index contributed by atoms with van der Waals surface area (Å²) in [5.74, 6) is -0.584. The number of rotatable bonds is 7. The monoisotopic (exact) mass is 421 g/mol. The number of Topliss-reactive ketones (excluding diaryl/α,β-unsaturated/α-hetero) is 1. The third-order valence-electron chi connectivity index (χ3n) is 4.85. The Bertz CT molecular complexity index is 1070. The summed E-state index contributed by atoms with van der Waals surface area (Å²) in [5, 5.41) is 0. The van der Waals surface area contributed by atoms with E-state index in [0.717, 1.165) is 16.2 Å². The SMILES string of the molecule is CCOC(=O)N(C)c1ccc(-c2ccc(C(=O)CCc3ccc(C)nc3)cn2)cc1F. The number of amides is 1. The number of pyridine rings is 2. The first-order chi connectivity index (χ1) is 14.9. The first kappa shape index (κ1) is 22.1. The predicted octanol–water partition coefficient (Wildman–Crippen LogP) is 5.00. The first-order valence-electron chi connectivity index (χ1n) is 10.00. The Balaban J connectivity index is 1.67. The highest BCUT2D eigenvalue weighted by atomic mass is 19.1. The molecule has 0 aliphatic rings. The van der Waals surface area contributed by atoms with Crippen molar-refractivity contribution in [3.05, 3.63) is 77.5 Å². The summed E-state index contributed by atoms with van der Waals surface area (Å²) in [6, 6.07) is 11.7. The molecule has 0 aliphatic heterocycles. The fraction of sp³-hybridized carbons (Fsp3) is 0.250. The van der Waals surface area contributed by atoms with Gasteiger partial charge in [0.05, 0.1) is 18.0 Å². The molecule has 0 unspecified atom stereocenters. The number of carbonyl (C=O) groups excluding carboxylic acids is 2. The molecule has 0 aliphatic carbocycles. The molecule has 0 saturated carbocycles. The molecule has 0 fully saturated rings. The van der Waals surface area contributed by atoms with Crippen LogP contribution in [0.4, 0.5) is 14.9 Å². The summed E-state index contributed by atoms with van der Waals surface area (Å²) >= 11 is 0. The summed E-state index contributed by atoms with van der Waals surface area (Å²) in [6.45, 7) is 3.81. The van der Waals surface area contributed by atoms with Crippen LogP contribution in [0, 0.1) is 12.7 Å². The zero-order valence-corrected chi connectivity index (χ0v) is 17.8. The van der Waals surface area contributed by atoms with Gasteiger partial charge in [0.1, 0.15) is 5.82 Å². The number of hydrogen-bond donors (Lipinski definition) is 0. The lowest BCUT2D eigenvalue weighted by atomic mass is 10.0. The standard InChI is InChI=1S/C24H24FN3O3/c1-4-31-24(30)28(3)22-11-9-18(13-20(22)25)21-10-8-19(15-27-21)23(29)12-7-17-6-5-16(2)26-14-17/h5-6,8-11,13-15H,4,7,12H2,1-3H3. The summed E-state index contributed by atoms with van der Waals surface area (Å²) in [7, 11) is 1.45. The van der Waals surface area contributed by atoms with Gasteiger partial charge >= 0.3 is 6.09 Å². The number of halogens is 1. The molecular weight excluding hydrogens is 397 g/mol. The molecule has 0 N–H and O–H groups in total. The predicted molar refractivity (Wildman–Crippen MR) is 117 cm³/mol. The Labute approximate surface area is 180 Å². The van der Waals surface area contributed by atoms with Crippen molar-refractivity contribution in [2.75, 3.05) is 18.6 Å². The molecule has 3 aromatic rings. The van der Waals surface area contributed by atoms with Gasteiger partial charge in [-0.1, -0.05) is 12.1 Å². The second kappa shape index (κ2) is 9.93. The number of hydrogen-bond acceptors (Lipinski definition) is 5. The molecule has 1 amide bonds. The average molecular weight is 421 g/mol. The van der Waals surface area contributed by atoms with Crippen molar-refractivity contribution in [2.24, 2.45) is 0 Å². The lowest BCUT2D eigenvalue weighted by molar-refractivity contribution is 0.0982. The van der Waals surface area contributed by atoms with Gasteiger partial charge in [0.15, 0.2) is 5.78 Å². The van der Waals surface area contributed by atoms with Gasteiger partial charge in [-0.3, -0.25) is 19.7 Å². The highest BCUT2D eigenvalue weighted by Crippen LogP contribution is 2.25. The number of benzene rings is 1. The van der Waals surface area contributed by atoms with Gasteiger partial charge in [0.25, 0.3) is 0 Å². The van der Waals surface area contributed by atoms with Crippen LogP contribution in [0.1, 0.15) is 35.0 Å². The maximum atomic E-state index is 14.5. The van der Waals surface area contributed by atoms with E-state index in [1.807, 2.05) is 19.1 Å². The van der Waals surface area contributed by atoms with Crippen LogP contribution in [0.3, 0.4) is 0 Å². The molecule has 1 aromatic carbocycles. The van der Waals surface area contributed by atoms with Crippen LogP contribution in [0.25, 0.3) is 11.3 Å². The Morgan fingerprint density at radius 1 is 1.06 bits per heavy atom. The summed E-state index contributed by atoms with van der Waals surface area (Å²) in [5.41, 5.74) is 3.63. The molecule has 7 heteroatoms. The number of nitrogens with zero attached hydrogens (tertiary/aromatic N) is 3. The summed E-state index contributed by atoms with van der Waals surface area (Å²) in [4.78, 5) is 33.9. The molecule has 0 radical (unpaired) electrons. The Hall–Kier alpha value is -3.61. The quantitative estimate of drug-likeness (QED) is 0.502. The van der Waals surface area contributed by atoms with E-state index in [-0.39, 0.29) is 18.1 Å². The number of carbonyl (C=O) groups is 2. The maximum absolute atomic E-state index is 14.5. The minimum Gasteiger partial charge on any atom is -0.449 e. The molecule has 2 aromatic heterocycles. The van der Waals surface area contributed by atoms with Crippen LogP contribution in [0.2, 0.25) is 0 Å².